The van der Waals surface area contributed by atoms with E-state index in [1.807, 2.05) is 0 Å². The lowest BCUT2D eigenvalue weighted by Crippen LogP contribution is -2.12. The van der Waals surface area contributed by atoms with Gasteiger partial charge in [-0.2, -0.15) is 24.5 Å². The molecule has 1 aromatic heterocycles. The Morgan fingerprint density at radius 1 is 1.11 bits per heavy atom. The summed E-state index contributed by atoms with van der Waals surface area (Å²) in [5.41, 5.74) is -0.503. The van der Waals surface area contributed by atoms with Crippen molar-refractivity contribution in [1.29, 1.82) is 0 Å². The van der Waals surface area contributed by atoms with Gasteiger partial charge in [0.15, 0.2) is 0 Å². The van der Waals surface area contributed by atoms with Gasteiger partial charge < -0.3 is 5.11 Å². The molecule has 0 saturated heterocycles. The Labute approximate surface area is 114 Å². The first kappa shape index (κ1) is 13.6. The Morgan fingerprint density at radius 3 is 2.33 bits per heavy atom. The fraction of sp³-hybridized carbons (Fsp3) is 0.167. The second-order valence-electron chi connectivity index (χ2n) is 3.66. The molecule has 0 saturated carbocycles. The highest BCUT2D eigenvalue weighted by Crippen LogP contribution is 2.38. The van der Waals surface area contributed by atoms with E-state index in [4.69, 9.17) is 0 Å². The number of halogens is 4. The van der Waals surface area contributed by atoms with Crippen molar-refractivity contribution in [2.24, 2.45) is 0 Å². The Kier molecular flexibility index (Phi) is 3.79. The summed E-state index contributed by atoms with van der Waals surface area (Å²) in [6.07, 6.45) is -5.76. The number of thiophene rings is 1. The molecule has 0 fully saturated rings. The van der Waals surface area contributed by atoms with Crippen molar-refractivity contribution in [2.45, 2.75) is 12.3 Å². The molecule has 1 N–H and O–H groups in total. The minimum absolute atomic E-state index is 0.135. The van der Waals surface area contributed by atoms with Crippen molar-refractivity contribution in [3.63, 3.8) is 0 Å². The van der Waals surface area contributed by atoms with Gasteiger partial charge >= 0.3 is 6.18 Å². The highest BCUT2D eigenvalue weighted by atomic mass is 79.9. The zero-order valence-electron chi connectivity index (χ0n) is 8.91. The quantitative estimate of drug-likeness (QED) is 0.848. The minimum Gasteiger partial charge on any atom is -0.384 e. The normalized spacial score (nSPS) is 13.6. The van der Waals surface area contributed by atoms with Crippen LogP contribution in [0.15, 0.2) is 39.5 Å². The van der Waals surface area contributed by atoms with Crippen LogP contribution in [0.4, 0.5) is 13.2 Å². The predicted octanol–water partition coefficient (Wildman–Crippen LogP) is 4.61. The zero-order valence-corrected chi connectivity index (χ0v) is 11.3. The van der Waals surface area contributed by atoms with Gasteiger partial charge in [-0.3, -0.25) is 0 Å². The van der Waals surface area contributed by atoms with E-state index in [-0.39, 0.29) is 5.56 Å². The molecule has 1 nitrogen and oxygen atoms in total. The molecule has 1 unspecified atom stereocenters. The van der Waals surface area contributed by atoms with Crippen molar-refractivity contribution >= 4 is 27.3 Å². The topological polar surface area (TPSA) is 20.2 Å². The minimum atomic E-state index is -4.47. The standard InChI is InChI=1S/C12H8BrF3OS/c13-10-6-18-5-8(10)11(17)7-3-1-2-4-9(7)12(14,15)16/h1-6,11,17H. The second-order valence-corrected chi connectivity index (χ2v) is 5.26. The summed E-state index contributed by atoms with van der Waals surface area (Å²) in [6, 6.07) is 5.05. The number of hydrogen-bond donors (Lipinski definition) is 1. The van der Waals surface area contributed by atoms with Crippen LogP contribution in [0.5, 0.6) is 0 Å². The van der Waals surface area contributed by atoms with Gasteiger partial charge in [0.05, 0.1) is 5.56 Å². The van der Waals surface area contributed by atoms with Gasteiger partial charge in [-0.15, -0.1) is 0 Å². The zero-order chi connectivity index (χ0) is 13.3. The van der Waals surface area contributed by atoms with E-state index in [1.54, 1.807) is 10.8 Å². The Morgan fingerprint density at radius 2 is 1.78 bits per heavy atom. The summed E-state index contributed by atoms with van der Waals surface area (Å²) in [5.74, 6) is 0. The lowest BCUT2D eigenvalue weighted by atomic mass is 9.98. The van der Waals surface area contributed by atoms with Crippen molar-refractivity contribution in [1.82, 2.24) is 0 Å². The molecule has 0 aliphatic carbocycles. The number of benzene rings is 1. The van der Waals surface area contributed by atoms with E-state index in [9.17, 15) is 18.3 Å². The van der Waals surface area contributed by atoms with Gasteiger partial charge in [0.2, 0.25) is 0 Å². The average Bonchev–Trinajstić information content (AvgIpc) is 2.73. The van der Waals surface area contributed by atoms with E-state index in [2.05, 4.69) is 15.9 Å². The number of aliphatic hydroxyl groups is 1. The second kappa shape index (κ2) is 5.03. The maximum atomic E-state index is 12.8. The van der Waals surface area contributed by atoms with E-state index in [0.29, 0.717) is 10.0 Å². The third-order valence-electron chi connectivity index (χ3n) is 2.50. The molecular weight excluding hydrogens is 329 g/mol. The molecule has 0 spiro atoms. The summed E-state index contributed by atoms with van der Waals surface area (Å²) in [6.45, 7) is 0. The summed E-state index contributed by atoms with van der Waals surface area (Å²) in [4.78, 5) is 0. The van der Waals surface area contributed by atoms with Crippen LogP contribution in [0, 0.1) is 0 Å². The number of hydrogen-bond acceptors (Lipinski definition) is 2. The summed E-state index contributed by atoms with van der Waals surface area (Å²) >= 11 is 4.52. The fourth-order valence-electron chi connectivity index (χ4n) is 1.65. The largest absolute Gasteiger partial charge is 0.416 e. The molecule has 96 valence electrons. The predicted molar refractivity (Wildman–Crippen MR) is 67.5 cm³/mol. The molecule has 2 aromatic rings. The highest BCUT2D eigenvalue weighted by molar-refractivity contribution is 9.10. The van der Waals surface area contributed by atoms with Crippen LogP contribution in [-0.4, -0.2) is 5.11 Å². The summed E-state index contributed by atoms with van der Waals surface area (Å²) in [7, 11) is 0. The van der Waals surface area contributed by atoms with Crippen molar-refractivity contribution in [3.05, 3.63) is 56.2 Å². The fourth-order valence-corrected chi connectivity index (χ4v) is 3.18. The summed E-state index contributed by atoms with van der Waals surface area (Å²) in [5, 5.41) is 13.4. The van der Waals surface area contributed by atoms with E-state index < -0.39 is 17.8 Å². The molecule has 6 heteroatoms. The molecule has 1 aromatic carbocycles. The molecule has 1 heterocycles. The van der Waals surface area contributed by atoms with Crippen LogP contribution < -0.4 is 0 Å². The molecule has 0 radical (unpaired) electrons. The molecule has 0 amide bonds. The van der Waals surface area contributed by atoms with Gasteiger partial charge in [0.1, 0.15) is 6.10 Å². The van der Waals surface area contributed by atoms with Crippen LogP contribution in [0.25, 0.3) is 0 Å². The van der Waals surface area contributed by atoms with Crippen LogP contribution in [0.3, 0.4) is 0 Å². The van der Waals surface area contributed by atoms with Crippen molar-refractivity contribution in [3.8, 4) is 0 Å². The van der Waals surface area contributed by atoms with Gasteiger partial charge in [-0.05, 0) is 32.9 Å². The highest BCUT2D eigenvalue weighted by Gasteiger charge is 2.35. The maximum Gasteiger partial charge on any atom is 0.416 e. The maximum absolute atomic E-state index is 12.8. The first-order valence-electron chi connectivity index (χ1n) is 4.97. The van der Waals surface area contributed by atoms with Gasteiger partial charge in [-0.25, -0.2) is 0 Å². The van der Waals surface area contributed by atoms with Gasteiger partial charge in [0.25, 0.3) is 0 Å². The molecule has 1 atom stereocenters. The van der Waals surface area contributed by atoms with Crippen LogP contribution in [0.1, 0.15) is 22.8 Å². The van der Waals surface area contributed by atoms with Crippen LogP contribution >= 0.6 is 27.3 Å². The van der Waals surface area contributed by atoms with E-state index >= 15 is 0 Å². The van der Waals surface area contributed by atoms with E-state index in [1.165, 1.54) is 29.5 Å². The van der Waals surface area contributed by atoms with Crippen LogP contribution in [-0.2, 0) is 6.18 Å². The van der Waals surface area contributed by atoms with Gasteiger partial charge in [0, 0.05) is 15.4 Å². The number of alkyl halides is 3. The molecule has 0 bridgehead atoms. The molecule has 2 rings (SSSR count). The molecule has 18 heavy (non-hydrogen) atoms. The van der Waals surface area contributed by atoms with Crippen molar-refractivity contribution in [2.75, 3.05) is 0 Å². The Bertz CT molecular complexity index is 550. The third kappa shape index (κ3) is 2.60. The van der Waals surface area contributed by atoms with Gasteiger partial charge in [-0.1, -0.05) is 18.2 Å². The lowest BCUT2D eigenvalue weighted by Gasteiger charge is -2.17. The SMILES string of the molecule is OC(c1cscc1Br)c1ccccc1C(F)(F)F. The summed E-state index contributed by atoms with van der Waals surface area (Å²) < 4.78 is 39.1. The number of rotatable bonds is 2. The third-order valence-corrected chi connectivity index (χ3v) is 4.25. The van der Waals surface area contributed by atoms with Crippen LogP contribution in [0.2, 0.25) is 0 Å². The Balaban J connectivity index is 2.49. The number of aliphatic hydroxyl groups excluding tert-OH is 1. The average molecular weight is 337 g/mol. The first-order valence-corrected chi connectivity index (χ1v) is 6.70. The smallest absolute Gasteiger partial charge is 0.384 e. The lowest BCUT2D eigenvalue weighted by molar-refractivity contribution is -0.139. The molecule has 0 aliphatic rings. The Hall–Kier alpha value is -0.850. The van der Waals surface area contributed by atoms with Crippen molar-refractivity contribution < 1.29 is 18.3 Å². The van der Waals surface area contributed by atoms with E-state index in [0.717, 1.165) is 6.07 Å². The first-order chi connectivity index (χ1) is 8.41. The monoisotopic (exact) mass is 336 g/mol. The molecular formula is C12H8BrF3OS. The molecule has 0 aliphatic heterocycles.